The Balaban J connectivity index is 1.67. The lowest BCUT2D eigenvalue weighted by Crippen LogP contribution is -2.56. The summed E-state index contributed by atoms with van der Waals surface area (Å²) >= 11 is 0. The molecule has 1 fully saturated rings. The van der Waals surface area contributed by atoms with Gasteiger partial charge in [-0.15, -0.1) is 0 Å². The standard InChI is InChI=1S/C17H20N2O4S/c1-12-4-6-16(7-5-12)24(21,22)19-10-15(11-19)23-14-8-13(2)18(3)17(20)9-14/h4-9,15H,10-11H2,1-3H3. The van der Waals surface area contributed by atoms with E-state index in [9.17, 15) is 13.2 Å². The van der Waals surface area contributed by atoms with Crippen molar-refractivity contribution in [3.05, 3.63) is 58.0 Å². The second kappa shape index (κ2) is 6.07. The Labute approximate surface area is 141 Å². The number of pyridine rings is 1. The van der Waals surface area contributed by atoms with Crippen molar-refractivity contribution >= 4 is 10.0 Å². The minimum absolute atomic E-state index is 0.145. The van der Waals surface area contributed by atoms with Crippen LogP contribution >= 0.6 is 0 Å². The molecule has 0 unspecified atom stereocenters. The molecule has 3 rings (SSSR count). The first kappa shape index (κ1) is 16.7. The summed E-state index contributed by atoms with van der Waals surface area (Å²) in [5.74, 6) is 0.480. The summed E-state index contributed by atoms with van der Waals surface area (Å²) < 4.78 is 33.6. The van der Waals surface area contributed by atoms with Crippen LogP contribution < -0.4 is 10.3 Å². The zero-order valence-corrected chi connectivity index (χ0v) is 14.7. The fourth-order valence-corrected chi connectivity index (χ4v) is 4.03. The van der Waals surface area contributed by atoms with E-state index < -0.39 is 10.0 Å². The van der Waals surface area contributed by atoms with E-state index in [-0.39, 0.29) is 29.6 Å². The predicted molar refractivity (Wildman–Crippen MR) is 90.8 cm³/mol. The first-order chi connectivity index (χ1) is 11.3. The van der Waals surface area contributed by atoms with Crippen LogP contribution in [0.1, 0.15) is 11.3 Å². The van der Waals surface area contributed by atoms with Gasteiger partial charge in [-0.25, -0.2) is 8.42 Å². The summed E-state index contributed by atoms with van der Waals surface area (Å²) in [6.07, 6.45) is -0.239. The van der Waals surface area contributed by atoms with Crippen LogP contribution in [0.5, 0.6) is 5.75 Å². The molecule has 1 saturated heterocycles. The van der Waals surface area contributed by atoms with Crippen molar-refractivity contribution in [3.63, 3.8) is 0 Å². The molecule has 0 amide bonds. The zero-order valence-electron chi connectivity index (χ0n) is 13.9. The highest BCUT2D eigenvalue weighted by Gasteiger charge is 2.38. The number of benzene rings is 1. The summed E-state index contributed by atoms with van der Waals surface area (Å²) in [5.41, 5.74) is 1.66. The van der Waals surface area contributed by atoms with Crippen molar-refractivity contribution in [1.29, 1.82) is 0 Å². The fourth-order valence-electron chi connectivity index (χ4n) is 2.53. The third-order valence-corrected chi connectivity index (χ3v) is 6.10. The number of hydrogen-bond donors (Lipinski definition) is 0. The van der Waals surface area contributed by atoms with Gasteiger partial charge in [-0.05, 0) is 32.0 Å². The molecule has 0 radical (unpaired) electrons. The molecule has 7 heteroatoms. The van der Waals surface area contributed by atoms with E-state index in [4.69, 9.17) is 4.74 Å². The normalized spacial score (nSPS) is 16.0. The van der Waals surface area contributed by atoms with Gasteiger partial charge in [-0.3, -0.25) is 4.79 Å². The van der Waals surface area contributed by atoms with Crippen LogP contribution in [0.3, 0.4) is 0 Å². The second-order valence-electron chi connectivity index (χ2n) is 6.10. The quantitative estimate of drug-likeness (QED) is 0.839. The van der Waals surface area contributed by atoms with Crippen LogP contribution in [-0.2, 0) is 17.1 Å². The zero-order chi connectivity index (χ0) is 17.5. The maximum Gasteiger partial charge on any atom is 0.254 e. The molecule has 0 atom stereocenters. The number of aryl methyl sites for hydroxylation is 2. The van der Waals surface area contributed by atoms with Crippen molar-refractivity contribution < 1.29 is 13.2 Å². The molecule has 128 valence electrons. The molecule has 0 N–H and O–H groups in total. The molecule has 2 heterocycles. The summed E-state index contributed by atoms with van der Waals surface area (Å²) in [5, 5.41) is 0. The highest BCUT2D eigenvalue weighted by Crippen LogP contribution is 2.24. The van der Waals surface area contributed by atoms with Crippen molar-refractivity contribution in [2.75, 3.05) is 13.1 Å². The lowest BCUT2D eigenvalue weighted by atomic mass is 10.2. The van der Waals surface area contributed by atoms with Gasteiger partial charge in [0.2, 0.25) is 10.0 Å². The molecule has 0 saturated carbocycles. The molecule has 2 aromatic rings. The minimum atomic E-state index is -3.48. The Morgan fingerprint density at radius 3 is 2.29 bits per heavy atom. The molecule has 1 aromatic heterocycles. The second-order valence-corrected chi connectivity index (χ2v) is 8.04. The molecule has 6 nitrogen and oxygen atoms in total. The third-order valence-electron chi connectivity index (χ3n) is 4.25. The first-order valence-electron chi connectivity index (χ1n) is 7.68. The van der Waals surface area contributed by atoms with Crippen molar-refractivity contribution in [2.45, 2.75) is 24.8 Å². The van der Waals surface area contributed by atoms with Crippen LogP contribution in [0.4, 0.5) is 0 Å². The average molecular weight is 348 g/mol. The van der Waals surface area contributed by atoms with Gasteiger partial charge >= 0.3 is 0 Å². The van der Waals surface area contributed by atoms with E-state index in [0.29, 0.717) is 5.75 Å². The number of aromatic nitrogens is 1. The molecule has 1 aliphatic heterocycles. The average Bonchev–Trinajstić information content (AvgIpc) is 2.48. The Kier molecular flexibility index (Phi) is 4.23. The van der Waals surface area contributed by atoms with Crippen LogP contribution in [0, 0.1) is 13.8 Å². The summed E-state index contributed by atoms with van der Waals surface area (Å²) in [6.45, 7) is 4.30. The molecular weight excluding hydrogens is 328 g/mol. The van der Waals surface area contributed by atoms with Gasteiger partial charge in [-0.1, -0.05) is 17.7 Å². The number of hydrogen-bond acceptors (Lipinski definition) is 4. The number of sulfonamides is 1. The maximum absolute atomic E-state index is 12.5. The van der Waals surface area contributed by atoms with E-state index >= 15 is 0 Å². The molecule has 0 spiro atoms. The van der Waals surface area contributed by atoms with Gasteiger partial charge < -0.3 is 9.30 Å². The highest BCUT2D eigenvalue weighted by molar-refractivity contribution is 7.89. The van der Waals surface area contributed by atoms with Crippen LogP contribution in [0.15, 0.2) is 46.1 Å². The Morgan fingerprint density at radius 2 is 1.71 bits per heavy atom. The number of nitrogens with zero attached hydrogens (tertiary/aromatic N) is 2. The third kappa shape index (κ3) is 3.09. The molecule has 24 heavy (non-hydrogen) atoms. The summed E-state index contributed by atoms with van der Waals surface area (Å²) in [6, 6.07) is 9.99. The first-order valence-corrected chi connectivity index (χ1v) is 9.12. The fraction of sp³-hybridized carbons (Fsp3) is 0.353. The van der Waals surface area contributed by atoms with Crippen molar-refractivity contribution in [1.82, 2.24) is 8.87 Å². The lowest BCUT2D eigenvalue weighted by Gasteiger charge is -2.37. The monoisotopic (exact) mass is 348 g/mol. The van der Waals surface area contributed by atoms with Gasteiger partial charge in [-0.2, -0.15) is 4.31 Å². The van der Waals surface area contributed by atoms with E-state index in [0.717, 1.165) is 11.3 Å². The summed E-state index contributed by atoms with van der Waals surface area (Å²) in [4.78, 5) is 12.0. The maximum atomic E-state index is 12.5. The van der Waals surface area contributed by atoms with E-state index in [1.165, 1.54) is 14.9 Å². The highest BCUT2D eigenvalue weighted by atomic mass is 32.2. The number of rotatable bonds is 4. The topological polar surface area (TPSA) is 68.6 Å². The van der Waals surface area contributed by atoms with Crippen molar-refractivity contribution in [3.8, 4) is 5.75 Å². The van der Waals surface area contributed by atoms with Gasteiger partial charge in [0.15, 0.2) is 0 Å². The largest absolute Gasteiger partial charge is 0.487 e. The van der Waals surface area contributed by atoms with Crippen LogP contribution in [0.25, 0.3) is 0 Å². The van der Waals surface area contributed by atoms with E-state index in [1.807, 2.05) is 13.8 Å². The van der Waals surface area contributed by atoms with E-state index in [1.54, 1.807) is 37.4 Å². The smallest absolute Gasteiger partial charge is 0.254 e. The van der Waals surface area contributed by atoms with Gasteiger partial charge in [0.25, 0.3) is 5.56 Å². The lowest BCUT2D eigenvalue weighted by molar-refractivity contribution is 0.0759. The van der Waals surface area contributed by atoms with E-state index in [2.05, 4.69) is 0 Å². The summed E-state index contributed by atoms with van der Waals surface area (Å²) in [7, 11) is -1.78. The van der Waals surface area contributed by atoms with Crippen LogP contribution in [0.2, 0.25) is 0 Å². The van der Waals surface area contributed by atoms with Gasteiger partial charge in [0.1, 0.15) is 11.9 Å². The Hall–Kier alpha value is -2.12. The molecule has 0 aliphatic carbocycles. The van der Waals surface area contributed by atoms with Crippen LogP contribution in [-0.4, -0.2) is 36.5 Å². The molecule has 1 aromatic carbocycles. The SMILES string of the molecule is Cc1ccc(S(=O)(=O)N2CC(Oc3cc(C)n(C)c(=O)c3)C2)cc1. The van der Waals surface area contributed by atoms with Crippen molar-refractivity contribution in [2.24, 2.45) is 7.05 Å². The molecule has 1 aliphatic rings. The van der Waals surface area contributed by atoms with Gasteiger partial charge in [0.05, 0.1) is 18.0 Å². The predicted octanol–water partition coefficient (Wildman–Crippen LogP) is 1.45. The molecule has 0 bridgehead atoms. The number of ether oxygens (including phenoxy) is 1. The Morgan fingerprint density at radius 1 is 1.08 bits per heavy atom. The van der Waals surface area contributed by atoms with Gasteiger partial charge in [0, 0.05) is 18.8 Å². The minimum Gasteiger partial charge on any atom is -0.487 e. The molecular formula is C17H20N2O4S. The Bertz CT molecular complexity index is 911.